The second-order valence-corrected chi connectivity index (χ2v) is 7.25. The van der Waals surface area contributed by atoms with E-state index < -0.39 is 0 Å². The highest BCUT2D eigenvalue weighted by Gasteiger charge is 2.21. The van der Waals surface area contributed by atoms with E-state index >= 15 is 0 Å². The van der Waals surface area contributed by atoms with Crippen molar-refractivity contribution in [3.05, 3.63) is 35.3 Å². The summed E-state index contributed by atoms with van der Waals surface area (Å²) in [5, 5.41) is 5.00. The van der Waals surface area contributed by atoms with Gasteiger partial charge in [0.1, 0.15) is 10.8 Å². The lowest BCUT2D eigenvalue weighted by Crippen LogP contribution is -2.14. The standard InChI is InChI=1S/C18H20N2O2S/c1-18(2,3)16-13-7-6-12(21-4)8-11(13)9-14(19-16)17-20-15(22-5)10-23-17/h6-10H,1-5H3. The zero-order chi connectivity index (χ0) is 16.6. The van der Waals surface area contributed by atoms with E-state index in [9.17, 15) is 0 Å². The van der Waals surface area contributed by atoms with E-state index in [2.05, 4.69) is 37.9 Å². The van der Waals surface area contributed by atoms with Gasteiger partial charge in [-0.1, -0.05) is 20.8 Å². The van der Waals surface area contributed by atoms with Gasteiger partial charge in [-0.15, -0.1) is 11.3 Å². The molecule has 120 valence electrons. The van der Waals surface area contributed by atoms with Crippen molar-refractivity contribution in [3.63, 3.8) is 0 Å². The van der Waals surface area contributed by atoms with Gasteiger partial charge in [-0.2, -0.15) is 0 Å². The zero-order valence-corrected chi connectivity index (χ0v) is 14.8. The summed E-state index contributed by atoms with van der Waals surface area (Å²) in [6, 6.07) is 8.16. The molecule has 0 unspecified atom stereocenters. The molecule has 3 aromatic rings. The van der Waals surface area contributed by atoms with Crippen molar-refractivity contribution in [3.8, 4) is 22.3 Å². The number of rotatable bonds is 3. The van der Waals surface area contributed by atoms with Crippen LogP contribution < -0.4 is 9.47 Å². The van der Waals surface area contributed by atoms with Crippen molar-refractivity contribution in [2.75, 3.05) is 14.2 Å². The monoisotopic (exact) mass is 328 g/mol. The summed E-state index contributed by atoms with van der Waals surface area (Å²) < 4.78 is 10.6. The first-order valence-electron chi connectivity index (χ1n) is 7.41. The number of aromatic nitrogens is 2. The van der Waals surface area contributed by atoms with Gasteiger partial charge in [0.25, 0.3) is 0 Å². The van der Waals surface area contributed by atoms with Gasteiger partial charge in [0.2, 0.25) is 5.88 Å². The van der Waals surface area contributed by atoms with Crippen LogP contribution in [0.2, 0.25) is 0 Å². The number of hydrogen-bond acceptors (Lipinski definition) is 5. The summed E-state index contributed by atoms with van der Waals surface area (Å²) in [5.74, 6) is 1.46. The lowest BCUT2D eigenvalue weighted by Gasteiger charge is -2.21. The van der Waals surface area contributed by atoms with Gasteiger partial charge in [0.15, 0.2) is 0 Å². The minimum Gasteiger partial charge on any atom is -0.497 e. The third kappa shape index (κ3) is 3.01. The molecule has 0 radical (unpaired) electrons. The highest BCUT2D eigenvalue weighted by molar-refractivity contribution is 7.13. The van der Waals surface area contributed by atoms with Crippen LogP contribution in [0.15, 0.2) is 29.6 Å². The van der Waals surface area contributed by atoms with E-state index in [-0.39, 0.29) is 5.41 Å². The lowest BCUT2D eigenvalue weighted by atomic mass is 9.88. The fraction of sp³-hybridized carbons (Fsp3) is 0.333. The van der Waals surface area contributed by atoms with Crippen LogP contribution in [0.3, 0.4) is 0 Å². The van der Waals surface area contributed by atoms with Gasteiger partial charge < -0.3 is 9.47 Å². The first-order valence-corrected chi connectivity index (χ1v) is 8.29. The van der Waals surface area contributed by atoms with Crippen LogP contribution in [-0.4, -0.2) is 24.2 Å². The Morgan fingerprint density at radius 1 is 1.00 bits per heavy atom. The van der Waals surface area contributed by atoms with Crippen molar-refractivity contribution in [1.29, 1.82) is 0 Å². The topological polar surface area (TPSA) is 44.2 Å². The Bertz CT molecular complexity index is 850. The molecule has 2 aromatic heterocycles. The molecule has 0 aliphatic carbocycles. The molecule has 0 aliphatic heterocycles. The molecular formula is C18H20N2O2S. The SMILES string of the molecule is COc1ccc2c(C(C)(C)C)nc(-c3nc(OC)cs3)cc2c1. The predicted molar refractivity (Wildman–Crippen MR) is 94.7 cm³/mol. The molecule has 23 heavy (non-hydrogen) atoms. The largest absolute Gasteiger partial charge is 0.497 e. The zero-order valence-electron chi connectivity index (χ0n) is 14.0. The molecule has 0 spiro atoms. The van der Waals surface area contributed by atoms with E-state index in [4.69, 9.17) is 14.5 Å². The van der Waals surface area contributed by atoms with Gasteiger partial charge in [-0.05, 0) is 29.7 Å². The van der Waals surface area contributed by atoms with Crippen molar-refractivity contribution >= 4 is 22.1 Å². The summed E-state index contributed by atoms with van der Waals surface area (Å²) in [6.07, 6.45) is 0. The molecule has 0 amide bonds. The Kier molecular flexibility index (Phi) is 3.98. The Hall–Kier alpha value is -2.14. The average Bonchev–Trinajstić information content (AvgIpc) is 3.01. The number of pyridine rings is 1. The third-order valence-electron chi connectivity index (χ3n) is 3.66. The molecule has 0 saturated heterocycles. The maximum Gasteiger partial charge on any atom is 0.224 e. The van der Waals surface area contributed by atoms with Gasteiger partial charge in [-0.3, -0.25) is 0 Å². The van der Waals surface area contributed by atoms with Crippen LogP contribution in [0.25, 0.3) is 21.5 Å². The third-order valence-corrected chi connectivity index (χ3v) is 4.50. The molecule has 0 bridgehead atoms. The summed E-state index contributed by atoms with van der Waals surface area (Å²) in [5.41, 5.74) is 1.86. The van der Waals surface area contributed by atoms with Crippen molar-refractivity contribution < 1.29 is 9.47 Å². The molecule has 0 atom stereocenters. The van der Waals surface area contributed by atoms with Crippen LogP contribution in [0.1, 0.15) is 26.5 Å². The molecule has 5 heteroatoms. The summed E-state index contributed by atoms with van der Waals surface area (Å²) in [6.45, 7) is 6.52. The summed E-state index contributed by atoms with van der Waals surface area (Å²) in [7, 11) is 3.30. The fourth-order valence-electron chi connectivity index (χ4n) is 2.51. The number of fused-ring (bicyclic) bond motifs is 1. The van der Waals surface area contributed by atoms with Crippen LogP contribution in [0.4, 0.5) is 0 Å². The van der Waals surface area contributed by atoms with E-state index in [0.717, 1.165) is 32.9 Å². The maximum absolute atomic E-state index is 5.36. The van der Waals surface area contributed by atoms with E-state index in [1.54, 1.807) is 14.2 Å². The molecule has 0 fully saturated rings. The van der Waals surface area contributed by atoms with E-state index in [1.807, 2.05) is 17.5 Å². The number of benzene rings is 1. The number of hydrogen-bond donors (Lipinski definition) is 0. The molecule has 0 saturated carbocycles. The molecule has 0 N–H and O–H groups in total. The predicted octanol–water partition coefficient (Wildman–Crippen LogP) is 4.67. The number of nitrogens with zero attached hydrogens (tertiary/aromatic N) is 2. The Labute approximate surface area is 140 Å². The van der Waals surface area contributed by atoms with Gasteiger partial charge in [-0.25, -0.2) is 9.97 Å². The van der Waals surface area contributed by atoms with Crippen LogP contribution in [0.5, 0.6) is 11.6 Å². The van der Waals surface area contributed by atoms with Crippen LogP contribution in [-0.2, 0) is 5.41 Å². The highest BCUT2D eigenvalue weighted by Crippen LogP contribution is 2.35. The molecule has 3 rings (SSSR count). The number of thiazole rings is 1. The number of methoxy groups -OCH3 is 2. The summed E-state index contributed by atoms with van der Waals surface area (Å²) >= 11 is 1.54. The summed E-state index contributed by atoms with van der Waals surface area (Å²) in [4.78, 5) is 9.37. The fourth-order valence-corrected chi connectivity index (χ4v) is 3.24. The maximum atomic E-state index is 5.36. The lowest BCUT2D eigenvalue weighted by molar-refractivity contribution is 0.401. The molecular weight excluding hydrogens is 308 g/mol. The van der Waals surface area contributed by atoms with Crippen molar-refractivity contribution in [2.24, 2.45) is 0 Å². The van der Waals surface area contributed by atoms with Gasteiger partial charge in [0, 0.05) is 10.8 Å². The van der Waals surface area contributed by atoms with E-state index in [0.29, 0.717) is 5.88 Å². The first-order chi connectivity index (χ1) is 10.9. The minimum atomic E-state index is -0.0653. The second-order valence-electron chi connectivity index (χ2n) is 6.39. The van der Waals surface area contributed by atoms with E-state index in [1.165, 1.54) is 11.3 Å². The van der Waals surface area contributed by atoms with Crippen LogP contribution >= 0.6 is 11.3 Å². The Balaban J connectivity index is 2.26. The molecule has 0 aliphatic rings. The molecule has 2 heterocycles. The van der Waals surface area contributed by atoms with Crippen molar-refractivity contribution in [1.82, 2.24) is 9.97 Å². The van der Waals surface area contributed by atoms with Gasteiger partial charge >= 0.3 is 0 Å². The quantitative estimate of drug-likeness (QED) is 0.700. The van der Waals surface area contributed by atoms with Crippen molar-refractivity contribution in [2.45, 2.75) is 26.2 Å². The average molecular weight is 328 g/mol. The number of ether oxygens (including phenoxy) is 2. The molecule has 1 aromatic carbocycles. The first kappa shape index (κ1) is 15.7. The van der Waals surface area contributed by atoms with Crippen LogP contribution in [0, 0.1) is 0 Å². The highest BCUT2D eigenvalue weighted by atomic mass is 32.1. The second kappa shape index (κ2) is 5.81. The minimum absolute atomic E-state index is 0.0653. The Morgan fingerprint density at radius 3 is 2.39 bits per heavy atom. The molecule has 4 nitrogen and oxygen atoms in total. The smallest absolute Gasteiger partial charge is 0.224 e. The van der Waals surface area contributed by atoms with Gasteiger partial charge in [0.05, 0.1) is 31.0 Å². The Morgan fingerprint density at radius 2 is 1.78 bits per heavy atom. The normalized spacial score (nSPS) is 11.7.